The van der Waals surface area contributed by atoms with Crippen LogP contribution in [0.15, 0.2) is 12.1 Å². The Kier molecular flexibility index (Phi) is 3.44. The van der Waals surface area contributed by atoms with Crippen molar-refractivity contribution in [3.05, 3.63) is 28.8 Å². The number of benzene rings is 1. The third-order valence-corrected chi connectivity index (χ3v) is 3.80. The molecule has 0 radical (unpaired) electrons. The smallest absolute Gasteiger partial charge is 0.248 e. The number of nitrogens with zero attached hydrogens (tertiary/aromatic N) is 1. The lowest BCUT2D eigenvalue weighted by Gasteiger charge is -2.21. The number of anilines is 1. The molecule has 2 N–H and O–H groups in total. The summed E-state index contributed by atoms with van der Waals surface area (Å²) in [4.78, 5) is 14.1. The maximum Gasteiger partial charge on any atom is 0.248 e. The van der Waals surface area contributed by atoms with Crippen LogP contribution in [0.4, 0.5) is 5.69 Å². The summed E-state index contributed by atoms with van der Waals surface area (Å²) in [5.74, 6) is 0.627. The van der Waals surface area contributed by atoms with Crippen LogP contribution < -0.4 is 10.6 Å². The Labute approximate surface area is 109 Å². The fourth-order valence-electron chi connectivity index (χ4n) is 2.45. The highest BCUT2D eigenvalue weighted by Crippen LogP contribution is 2.38. The molecule has 0 saturated heterocycles. The Hall–Kier alpha value is -1.35. The van der Waals surface area contributed by atoms with Gasteiger partial charge in [0.05, 0.1) is 5.69 Å². The van der Waals surface area contributed by atoms with Crippen LogP contribution >= 0.6 is 0 Å². The van der Waals surface area contributed by atoms with Crippen LogP contribution in [0.2, 0.25) is 0 Å². The molecule has 1 aromatic carbocycles. The van der Waals surface area contributed by atoms with Crippen LogP contribution in [-0.4, -0.2) is 12.5 Å². The normalized spacial score (nSPS) is 18.7. The molecule has 0 aliphatic carbocycles. The minimum Gasteiger partial charge on any atom is -0.316 e. The molecule has 1 atom stereocenters. The molecule has 1 aromatic rings. The van der Waals surface area contributed by atoms with E-state index in [0.29, 0.717) is 5.92 Å². The topological polar surface area (TPSA) is 46.3 Å². The Bertz CT molecular complexity index is 480. The van der Waals surface area contributed by atoms with Crippen molar-refractivity contribution in [2.45, 2.75) is 40.2 Å². The quantitative estimate of drug-likeness (QED) is 0.891. The zero-order chi connectivity index (χ0) is 13.4. The van der Waals surface area contributed by atoms with Crippen LogP contribution in [0.1, 0.15) is 43.0 Å². The first-order valence-electron chi connectivity index (χ1n) is 6.60. The third-order valence-electron chi connectivity index (χ3n) is 3.80. The van der Waals surface area contributed by atoms with Gasteiger partial charge in [0.15, 0.2) is 0 Å². The standard InChI is InChI=1S/C15H22N2O/c1-9(2)7-8-17-14-11(4)10(3)5-6-12(14)13(16)15(17)18/h5-6,9,13H,7-8,16H2,1-4H3. The van der Waals surface area contributed by atoms with E-state index in [-0.39, 0.29) is 5.91 Å². The van der Waals surface area contributed by atoms with E-state index >= 15 is 0 Å². The van der Waals surface area contributed by atoms with Gasteiger partial charge in [-0.3, -0.25) is 4.79 Å². The molecule has 98 valence electrons. The van der Waals surface area contributed by atoms with E-state index in [9.17, 15) is 4.79 Å². The van der Waals surface area contributed by atoms with E-state index in [1.165, 1.54) is 11.1 Å². The number of carbonyl (C=O) groups excluding carboxylic acids is 1. The van der Waals surface area contributed by atoms with Crippen LogP contribution in [-0.2, 0) is 4.79 Å². The van der Waals surface area contributed by atoms with Crippen molar-refractivity contribution >= 4 is 11.6 Å². The molecule has 2 rings (SSSR count). The molecular weight excluding hydrogens is 224 g/mol. The minimum atomic E-state index is -0.480. The van der Waals surface area contributed by atoms with E-state index in [1.54, 1.807) is 0 Å². The van der Waals surface area contributed by atoms with Gasteiger partial charge in [0.1, 0.15) is 6.04 Å². The SMILES string of the molecule is Cc1ccc2c(c1C)N(CCC(C)C)C(=O)C2N. The van der Waals surface area contributed by atoms with Gasteiger partial charge in [-0.1, -0.05) is 26.0 Å². The van der Waals surface area contributed by atoms with Gasteiger partial charge < -0.3 is 10.6 Å². The van der Waals surface area contributed by atoms with Gasteiger partial charge in [-0.25, -0.2) is 0 Å². The Morgan fingerprint density at radius 1 is 1.33 bits per heavy atom. The van der Waals surface area contributed by atoms with Crippen molar-refractivity contribution in [2.75, 3.05) is 11.4 Å². The fourth-order valence-corrected chi connectivity index (χ4v) is 2.45. The number of carbonyl (C=O) groups is 1. The van der Waals surface area contributed by atoms with Gasteiger partial charge in [-0.05, 0) is 37.3 Å². The summed E-state index contributed by atoms with van der Waals surface area (Å²) in [7, 11) is 0. The largest absolute Gasteiger partial charge is 0.316 e. The molecule has 0 saturated carbocycles. The van der Waals surface area contributed by atoms with Gasteiger partial charge in [-0.2, -0.15) is 0 Å². The van der Waals surface area contributed by atoms with Crippen LogP contribution in [0.5, 0.6) is 0 Å². The molecule has 1 aliphatic rings. The molecular formula is C15H22N2O. The first-order valence-corrected chi connectivity index (χ1v) is 6.60. The molecule has 0 aromatic heterocycles. The van der Waals surface area contributed by atoms with E-state index in [0.717, 1.165) is 24.2 Å². The van der Waals surface area contributed by atoms with Crippen LogP contribution in [0.3, 0.4) is 0 Å². The number of fused-ring (bicyclic) bond motifs is 1. The van der Waals surface area contributed by atoms with Crippen molar-refractivity contribution in [2.24, 2.45) is 11.7 Å². The number of aryl methyl sites for hydroxylation is 1. The highest BCUT2D eigenvalue weighted by molar-refractivity contribution is 6.05. The summed E-state index contributed by atoms with van der Waals surface area (Å²) in [5, 5.41) is 0. The van der Waals surface area contributed by atoms with Gasteiger partial charge in [0.2, 0.25) is 5.91 Å². The highest BCUT2D eigenvalue weighted by atomic mass is 16.2. The van der Waals surface area contributed by atoms with Crippen molar-refractivity contribution < 1.29 is 4.79 Å². The second kappa shape index (κ2) is 4.73. The Morgan fingerprint density at radius 2 is 2.00 bits per heavy atom. The summed E-state index contributed by atoms with van der Waals surface area (Å²) in [6.07, 6.45) is 1.01. The molecule has 1 unspecified atom stereocenters. The van der Waals surface area contributed by atoms with E-state index in [2.05, 4.69) is 27.7 Å². The monoisotopic (exact) mass is 246 g/mol. The number of rotatable bonds is 3. The predicted octanol–water partition coefficient (Wildman–Crippen LogP) is 2.70. The molecule has 18 heavy (non-hydrogen) atoms. The summed E-state index contributed by atoms with van der Waals surface area (Å²) in [6, 6.07) is 3.56. The van der Waals surface area contributed by atoms with Crippen LogP contribution in [0, 0.1) is 19.8 Å². The van der Waals surface area contributed by atoms with Gasteiger partial charge in [0.25, 0.3) is 0 Å². The minimum absolute atomic E-state index is 0.0411. The second-order valence-corrected chi connectivity index (χ2v) is 5.60. The molecule has 0 fully saturated rings. The first kappa shape index (κ1) is 13.1. The number of hydrogen-bond acceptors (Lipinski definition) is 2. The zero-order valence-corrected chi connectivity index (χ0v) is 11.7. The molecule has 0 bridgehead atoms. The van der Waals surface area contributed by atoms with E-state index in [1.807, 2.05) is 17.0 Å². The lowest BCUT2D eigenvalue weighted by Crippen LogP contribution is -2.33. The summed E-state index contributed by atoms with van der Waals surface area (Å²) in [6.45, 7) is 9.25. The molecule has 3 nitrogen and oxygen atoms in total. The molecule has 1 heterocycles. The zero-order valence-electron chi connectivity index (χ0n) is 11.7. The van der Waals surface area contributed by atoms with Crippen molar-refractivity contribution in [3.63, 3.8) is 0 Å². The molecule has 3 heteroatoms. The van der Waals surface area contributed by atoms with Crippen molar-refractivity contribution in [1.82, 2.24) is 0 Å². The lowest BCUT2D eigenvalue weighted by atomic mass is 10.0. The predicted molar refractivity (Wildman–Crippen MR) is 74.7 cm³/mol. The van der Waals surface area contributed by atoms with Gasteiger partial charge in [-0.15, -0.1) is 0 Å². The van der Waals surface area contributed by atoms with E-state index in [4.69, 9.17) is 5.73 Å². The lowest BCUT2D eigenvalue weighted by molar-refractivity contribution is -0.119. The van der Waals surface area contributed by atoms with Gasteiger partial charge in [0, 0.05) is 12.1 Å². The van der Waals surface area contributed by atoms with Crippen LogP contribution in [0.25, 0.3) is 0 Å². The number of hydrogen-bond donors (Lipinski definition) is 1. The summed E-state index contributed by atoms with van der Waals surface area (Å²) in [5.41, 5.74) is 10.4. The average molecular weight is 246 g/mol. The maximum absolute atomic E-state index is 12.2. The Morgan fingerprint density at radius 3 is 2.61 bits per heavy atom. The van der Waals surface area contributed by atoms with Crippen molar-refractivity contribution in [3.8, 4) is 0 Å². The second-order valence-electron chi connectivity index (χ2n) is 5.60. The molecule has 0 spiro atoms. The average Bonchev–Trinajstić information content (AvgIpc) is 2.55. The molecule has 1 amide bonds. The van der Waals surface area contributed by atoms with Crippen molar-refractivity contribution in [1.29, 1.82) is 0 Å². The summed E-state index contributed by atoms with van der Waals surface area (Å²) >= 11 is 0. The third kappa shape index (κ3) is 2.03. The summed E-state index contributed by atoms with van der Waals surface area (Å²) < 4.78 is 0. The highest BCUT2D eigenvalue weighted by Gasteiger charge is 2.35. The number of amides is 1. The fraction of sp³-hybridized carbons (Fsp3) is 0.533. The Balaban J connectivity index is 2.40. The maximum atomic E-state index is 12.2. The molecule has 1 aliphatic heterocycles. The number of nitrogens with two attached hydrogens (primary N) is 1. The first-order chi connectivity index (χ1) is 8.43. The van der Waals surface area contributed by atoms with E-state index < -0.39 is 6.04 Å². The van der Waals surface area contributed by atoms with Gasteiger partial charge >= 0.3 is 0 Å².